The molecular weight excluding hydrogens is 362 g/mol. The first-order valence-electron chi connectivity index (χ1n) is 8.68. The van der Waals surface area contributed by atoms with Crippen LogP contribution >= 0.6 is 12.4 Å². The molecule has 2 N–H and O–H groups in total. The van der Waals surface area contributed by atoms with Crippen LogP contribution in [0.2, 0.25) is 0 Å². The topological polar surface area (TPSA) is 75.9 Å². The number of hydrogen-bond acceptors (Lipinski definition) is 4. The number of benzene rings is 1. The van der Waals surface area contributed by atoms with E-state index in [1.54, 1.807) is 11.4 Å². The van der Waals surface area contributed by atoms with E-state index in [-0.39, 0.29) is 24.5 Å². The molecule has 4 rings (SSSR count). The van der Waals surface area contributed by atoms with Crippen molar-refractivity contribution in [2.75, 3.05) is 26.7 Å². The van der Waals surface area contributed by atoms with Gasteiger partial charge in [-0.05, 0) is 54.9 Å². The Bertz CT molecular complexity index is 743. The molecule has 0 amide bonds. The first kappa shape index (κ1) is 18.9. The normalized spacial score (nSPS) is 29.8. The summed E-state index contributed by atoms with van der Waals surface area (Å²) >= 11 is 0. The van der Waals surface area contributed by atoms with E-state index >= 15 is 0 Å². The second-order valence-corrected chi connectivity index (χ2v) is 8.69. The number of nitrogens with zero attached hydrogens (tertiary/aromatic N) is 2. The summed E-state index contributed by atoms with van der Waals surface area (Å²) in [7, 11) is -1.94. The number of hydrogen-bond donors (Lipinski definition) is 1. The number of methoxy groups -OCH3 is 1. The fourth-order valence-electron chi connectivity index (χ4n) is 4.83. The minimum absolute atomic E-state index is 0. The lowest BCUT2D eigenvalue weighted by molar-refractivity contribution is 0.0219. The molecule has 3 aliphatic heterocycles. The van der Waals surface area contributed by atoms with Crippen LogP contribution in [0.15, 0.2) is 18.2 Å². The van der Waals surface area contributed by atoms with Gasteiger partial charge in [0.05, 0.1) is 7.11 Å². The number of piperidine rings is 2. The van der Waals surface area contributed by atoms with E-state index in [0.29, 0.717) is 12.5 Å². The highest BCUT2D eigenvalue weighted by molar-refractivity contribution is 7.86. The lowest BCUT2D eigenvalue weighted by Gasteiger charge is -2.51. The van der Waals surface area contributed by atoms with Crippen molar-refractivity contribution in [1.29, 1.82) is 0 Å². The van der Waals surface area contributed by atoms with Crippen LogP contribution in [0.5, 0.6) is 5.75 Å². The first-order chi connectivity index (χ1) is 11.5. The van der Waals surface area contributed by atoms with Crippen molar-refractivity contribution in [3.63, 3.8) is 0 Å². The Hall–Kier alpha value is -0.860. The Morgan fingerprint density at radius 2 is 2.08 bits per heavy atom. The Morgan fingerprint density at radius 3 is 2.80 bits per heavy atom. The molecule has 0 saturated carbocycles. The number of nitrogens with two attached hydrogens (primary N) is 1. The van der Waals surface area contributed by atoms with Gasteiger partial charge in [0.1, 0.15) is 5.75 Å². The third kappa shape index (κ3) is 3.40. The van der Waals surface area contributed by atoms with E-state index in [2.05, 4.69) is 17.0 Å². The molecule has 140 valence electrons. The van der Waals surface area contributed by atoms with Gasteiger partial charge < -0.3 is 4.74 Å². The maximum Gasteiger partial charge on any atom is 0.277 e. The highest BCUT2D eigenvalue weighted by Crippen LogP contribution is 2.43. The summed E-state index contributed by atoms with van der Waals surface area (Å²) in [5, 5.41) is 5.49. The SMILES string of the molecule is COc1ccc2c(c1)CCN1C[C@H]3CCCN(S(N)(=O)=O)[C@H]3C[C@H]21.Cl. The van der Waals surface area contributed by atoms with Crippen LogP contribution in [0.4, 0.5) is 0 Å². The molecular formula is C17H26ClN3O3S. The molecule has 1 aromatic rings. The van der Waals surface area contributed by atoms with Crippen molar-refractivity contribution in [3.05, 3.63) is 29.3 Å². The van der Waals surface area contributed by atoms with Gasteiger partial charge in [-0.15, -0.1) is 12.4 Å². The minimum atomic E-state index is -3.63. The number of fused-ring (bicyclic) bond motifs is 4. The molecule has 0 unspecified atom stereocenters. The molecule has 2 fully saturated rings. The summed E-state index contributed by atoms with van der Waals surface area (Å²) in [6.45, 7) is 2.55. The average Bonchev–Trinajstić information content (AvgIpc) is 2.58. The van der Waals surface area contributed by atoms with Crippen LogP contribution < -0.4 is 9.88 Å². The Morgan fingerprint density at radius 1 is 1.28 bits per heavy atom. The highest BCUT2D eigenvalue weighted by atomic mass is 35.5. The van der Waals surface area contributed by atoms with E-state index in [1.165, 1.54) is 11.1 Å². The van der Waals surface area contributed by atoms with Gasteiger partial charge >= 0.3 is 0 Å². The van der Waals surface area contributed by atoms with Crippen LogP contribution in [0.1, 0.15) is 36.4 Å². The predicted octanol–water partition coefficient (Wildman–Crippen LogP) is 1.70. The number of ether oxygens (including phenoxy) is 1. The molecule has 1 aromatic carbocycles. The van der Waals surface area contributed by atoms with E-state index in [1.807, 2.05) is 6.07 Å². The van der Waals surface area contributed by atoms with Crippen molar-refractivity contribution in [2.45, 2.75) is 37.8 Å². The highest BCUT2D eigenvalue weighted by Gasteiger charge is 2.45. The summed E-state index contributed by atoms with van der Waals surface area (Å²) in [6, 6.07) is 6.59. The summed E-state index contributed by atoms with van der Waals surface area (Å²) in [5.74, 6) is 1.29. The Labute approximate surface area is 155 Å². The van der Waals surface area contributed by atoms with Crippen LogP contribution in [0, 0.1) is 5.92 Å². The van der Waals surface area contributed by atoms with E-state index in [0.717, 1.165) is 44.5 Å². The Kier molecular flexibility index (Phi) is 5.33. The second kappa shape index (κ2) is 7.04. The lowest BCUT2D eigenvalue weighted by Crippen LogP contribution is -2.58. The number of halogens is 1. The summed E-state index contributed by atoms with van der Waals surface area (Å²) < 4.78 is 30.9. The van der Waals surface area contributed by atoms with Gasteiger partial charge in [0, 0.05) is 31.7 Å². The molecule has 8 heteroatoms. The van der Waals surface area contributed by atoms with Crippen LogP contribution in [0.25, 0.3) is 0 Å². The summed E-state index contributed by atoms with van der Waals surface area (Å²) in [4.78, 5) is 2.53. The maximum absolute atomic E-state index is 12.0. The zero-order chi connectivity index (χ0) is 16.9. The molecule has 2 saturated heterocycles. The third-order valence-electron chi connectivity index (χ3n) is 5.95. The van der Waals surface area contributed by atoms with Gasteiger partial charge in [0.2, 0.25) is 0 Å². The van der Waals surface area contributed by atoms with Gasteiger partial charge in [-0.2, -0.15) is 12.7 Å². The molecule has 0 bridgehead atoms. The van der Waals surface area contributed by atoms with Gasteiger partial charge in [-0.1, -0.05) is 6.07 Å². The number of rotatable bonds is 2. The molecule has 0 spiro atoms. The molecule has 0 radical (unpaired) electrons. The molecule has 3 atom stereocenters. The van der Waals surface area contributed by atoms with Crippen molar-refractivity contribution in [2.24, 2.45) is 11.1 Å². The predicted molar refractivity (Wildman–Crippen MR) is 99.2 cm³/mol. The maximum atomic E-state index is 12.0. The van der Waals surface area contributed by atoms with Crippen molar-refractivity contribution < 1.29 is 13.2 Å². The molecule has 0 aliphatic carbocycles. The Balaban J connectivity index is 0.00000182. The molecule has 3 aliphatic rings. The monoisotopic (exact) mass is 387 g/mol. The van der Waals surface area contributed by atoms with Crippen molar-refractivity contribution >= 4 is 22.6 Å². The molecule has 25 heavy (non-hydrogen) atoms. The standard InChI is InChI=1S/C17H25N3O3S.ClH/c1-23-14-4-5-15-12(9-14)6-8-19-11-13-3-2-7-20(24(18,21)22)16(13)10-17(15)19;/h4-5,9,13,16-17H,2-3,6-8,10-11H2,1H3,(H2,18,21,22);1H/t13-,16+,17-;/m1./s1. The van der Waals surface area contributed by atoms with Gasteiger partial charge in [0.25, 0.3) is 10.2 Å². The fourth-order valence-corrected chi connectivity index (χ4v) is 5.85. The smallest absolute Gasteiger partial charge is 0.277 e. The third-order valence-corrected chi connectivity index (χ3v) is 7.05. The van der Waals surface area contributed by atoms with Gasteiger partial charge in [0.15, 0.2) is 0 Å². The molecule has 3 heterocycles. The van der Waals surface area contributed by atoms with E-state index < -0.39 is 10.2 Å². The zero-order valence-corrected chi connectivity index (χ0v) is 16.1. The first-order valence-corrected chi connectivity index (χ1v) is 10.2. The second-order valence-electron chi connectivity index (χ2n) is 7.19. The van der Waals surface area contributed by atoms with Crippen LogP contribution in [0.3, 0.4) is 0 Å². The fraction of sp³-hybridized carbons (Fsp3) is 0.647. The zero-order valence-electron chi connectivity index (χ0n) is 14.4. The van der Waals surface area contributed by atoms with Crippen molar-refractivity contribution in [3.8, 4) is 5.75 Å². The molecule has 0 aromatic heterocycles. The van der Waals surface area contributed by atoms with Crippen molar-refractivity contribution in [1.82, 2.24) is 9.21 Å². The lowest BCUT2D eigenvalue weighted by atomic mass is 9.77. The summed E-state index contributed by atoms with van der Waals surface area (Å²) in [5.41, 5.74) is 2.65. The quantitative estimate of drug-likeness (QED) is 0.838. The largest absolute Gasteiger partial charge is 0.497 e. The average molecular weight is 388 g/mol. The van der Waals surface area contributed by atoms with E-state index in [9.17, 15) is 8.42 Å². The summed E-state index contributed by atoms with van der Waals surface area (Å²) in [6.07, 6.45) is 3.86. The van der Waals surface area contributed by atoms with Gasteiger partial charge in [-0.3, -0.25) is 4.90 Å². The van der Waals surface area contributed by atoms with Crippen LogP contribution in [-0.2, 0) is 16.6 Å². The minimum Gasteiger partial charge on any atom is -0.497 e. The van der Waals surface area contributed by atoms with Crippen LogP contribution in [-0.4, -0.2) is 50.4 Å². The molecule has 6 nitrogen and oxygen atoms in total. The van der Waals surface area contributed by atoms with Gasteiger partial charge in [-0.25, -0.2) is 5.14 Å². The van der Waals surface area contributed by atoms with E-state index in [4.69, 9.17) is 9.88 Å².